The number of nitrogens with one attached hydrogen (secondary N) is 1. The normalized spacial score (nSPS) is 11.4. The molecule has 0 aliphatic carbocycles. The third-order valence-corrected chi connectivity index (χ3v) is 6.42. The molecule has 0 fully saturated rings. The molecule has 2 aromatic carbocycles. The van der Waals surface area contributed by atoms with Crippen LogP contribution in [0.15, 0.2) is 84.0 Å². The van der Waals surface area contributed by atoms with Gasteiger partial charge in [0.1, 0.15) is 5.75 Å². The fraction of sp³-hybridized carbons (Fsp3) is 0.227. The first kappa shape index (κ1) is 21.6. The Hall–Kier alpha value is -3.10. The van der Waals surface area contributed by atoms with Crippen LogP contribution in [0.25, 0.3) is 0 Å². The molecule has 3 aromatic rings. The molecule has 1 aromatic heterocycles. The summed E-state index contributed by atoms with van der Waals surface area (Å²) in [5, 5.41) is 2.75. The highest BCUT2D eigenvalue weighted by atomic mass is 32.2. The van der Waals surface area contributed by atoms with Crippen molar-refractivity contribution in [3.05, 3.63) is 79.1 Å². The number of amides is 1. The molecule has 1 heterocycles. The van der Waals surface area contributed by atoms with Gasteiger partial charge in [-0.15, -0.1) is 0 Å². The van der Waals surface area contributed by atoms with E-state index >= 15 is 0 Å². The molecule has 0 spiro atoms. The minimum atomic E-state index is -3.80. The number of benzene rings is 2. The van der Waals surface area contributed by atoms with Crippen LogP contribution in [0.5, 0.6) is 5.75 Å². The van der Waals surface area contributed by atoms with Gasteiger partial charge in [0.25, 0.3) is 0 Å². The molecule has 1 N–H and O–H groups in total. The third kappa shape index (κ3) is 5.71. The summed E-state index contributed by atoms with van der Waals surface area (Å²) in [5.41, 5.74) is 0.574. The van der Waals surface area contributed by atoms with Gasteiger partial charge in [-0.1, -0.05) is 18.2 Å². The molecule has 0 saturated carbocycles. The van der Waals surface area contributed by atoms with E-state index < -0.39 is 15.9 Å². The van der Waals surface area contributed by atoms with Crippen molar-refractivity contribution in [1.82, 2.24) is 8.87 Å². The Kier molecular flexibility index (Phi) is 7.26. The minimum Gasteiger partial charge on any atom is -0.497 e. The molecule has 1 amide bonds. The number of aryl methyl sites for hydroxylation is 1. The lowest BCUT2D eigenvalue weighted by Crippen LogP contribution is -2.39. The summed E-state index contributed by atoms with van der Waals surface area (Å²) in [7, 11) is -2.23. The lowest BCUT2D eigenvalue weighted by Gasteiger charge is -2.22. The van der Waals surface area contributed by atoms with Crippen LogP contribution in [-0.4, -0.2) is 43.4 Å². The number of aromatic nitrogens is 1. The van der Waals surface area contributed by atoms with Crippen molar-refractivity contribution < 1.29 is 17.9 Å². The van der Waals surface area contributed by atoms with Gasteiger partial charge >= 0.3 is 0 Å². The highest BCUT2D eigenvalue weighted by molar-refractivity contribution is 7.89. The van der Waals surface area contributed by atoms with Crippen LogP contribution < -0.4 is 10.1 Å². The van der Waals surface area contributed by atoms with E-state index in [4.69, 9.17) is 4.74 Å². The zero-order valence-electron chi connectivity index (χ0n) is 16.8. The number of carbonyl (C=O) groups is 1. The molecule has 0 atom stereocenters. The molecule has 0 aliphatic heterocycles. The van der Waals surface area contributed by atoms with Gasteiger partial charge in [-0.25, -0.2) is 8.42 Å². The summed E-state index contributed by atoms with van der Waals surface area (Å²) in [4.78, 5) is 12.8. The van der Waals surface area contributed by atoms with Crippen molar-refractivity contribution in [2.24, 2.45) is 0 Å². The molecule has 0 saturated heterocycles. The summed E-state index contributed by atoms with van der Waals surface area (Å²) in [6.07, 6.45) is 4.43. The van der Waals surface area contributed by atoms with Crippen LogP contribution in [-0.2, 0) is 21.4 Å². The van der Waals surface area contributed by atoms with Gasteiger partial charge in [0, 0.05) is 31.2 Å². The minimum absolute atomic E-state index is 0.170. The molecule has 3 rings (SSSR count). The lowest BCUT2D eigenvalue weighted by atomic mass is 10.3. The molecular formula is C22H25N3O4S. The predicted molar refractivity (Wildman–Crippen MR) is 116 cm³/mol. The number of sulfonamides is 1. The van der Waals surface area contributed by atoms with Gasteiger partial charge in [-0.05, 0) is 55.0 Å². The first-order valence-electron chi connectivity index (χ1n) is 9.59. The predicted octanol–water partition coefficient (Wildman–Crippen LogP) is 3.22. The van der Waals surface area contributed by atoms with Gasteiger partial charge in [-0.3, -0.25) is 4.79 Å². The van der Waals surface area contributed by atoms with E-state index in [1.54, 1.807) is 49.6 Å². The lowest BCUT2D eigenvalue weighted by molar-refractivity contribution is -0.116. The smallest absolute Gasteiger partial charge is 0.243 e. The molecular weight excluding hydrogens is 402 g/mol. The van der Waals surface area contributed by atoms with Crippen LogP contribution in [0.4, 0.5) is 5.69 Å². The first-order chi connectivity index (χ1) is 14.5. The number of hydrogen-bond acceptors (Lipinski definition) is 4. The van der Waals surface area contributed by atoms with Gasteiger partial charge in [-0.2, -0.15) is 4.31 Å². The average molecular weight is 428 g/mol. The number of carbonyl (C=O) groups excluding carboxylic acids is 1. The van der Waals surface area contributed by atoms with E-state index in [1.165, 1.54) is 16.4 Å². The molecule has 0 bridgehead atoms. The summed E-state index contributed by atoms with van der Waals surface area (Å²) in [6.45, 7) is 0.619. The van der Waals surface area contributed by atoms with Gasteiger partial charge < -0.3 is 14.6 Å². The van der Waals surface area contributed by atoms with Gasteiger partial charge in [0.2, 0.25) is 15.9 Å². The Morgan fingerprint density at radius 1 is 1.00 bits per heavy atom. The highest BCUT2D eigenvalue weighted by Gasteiger charge is 2.26. The average Bonchev–Trinajstić information content (AvgIpc) is 3.28. The van der Waals surface area contributed by atoms with E-state index in [2.05, 4.69) is 5.32 Å². The Balaban J connectivity index is 1.71. The maximum absolute atomic E-state index is 13.1. The van der Waals surface area contributed by atoms with Crippen molar-refractivity contribution in [1.29, 1.82) is 0 Å². The van der Waals surface area contributed by atoms with Crippen LogP contribution in [0.1, 0.15) is 6.42 Å². The quantitative estimate of drug-likeness (QED) is 0.539. The SMILES string of the molecule is COc1ccc(NC(=O)CN(CCCn2cccc2)S(=O)(=O)c2ccccc2)cc1. The Bertz CT molecular complexity index is 1030. The summed E-state index contributed by atoms with van der Waals surface area (Å²) in [5.74, 6) is 0.270. The fourth-order valence-corrected chi connectivity index (χ4v) is 4.47. The van der Waals surface area contributed by atoms with E-state index in [0.717, 1.165) is 0 Å². The fourth-order valence-electron chi connectivity index (χ4n) is 3.01. The van der Waals surface area contributed by atoms with Gasteiger partial charge in [0.15, 0.2) is 0 Å². The molecule has 0 radical (unpaired) electrons. The van der Waals surface area contributed by atoms with Crippen molar-refractivity contribution in [2.75, 3.05) is 25.5 Å². The number of hydrogen-bond donors (Lipinski definition) is 1. The van der Waals surface area contributed by atoms with Crippen molar-refractivity contribution in [3.8, 4) is 5.75 Å². The summed E-state index contributed by atoms with van der Waals surface area (Å²) in [6, 6.07) is 18.9. The maximum atomic E-state index is 13.1. The molecule has 0 unspecified atom stereocenters. The molecule has 158 valence electrons. The first-order valence-corrected chi connectivity index (χ1v) is 11.0. The third-order valence-electron chi connectivity index (χ3n) is 4.56. The number of rotatable bonds is 10. The van der Waals surface area contributed by atoms with E-state index in [1.807, 2.05) is 29.1 Å². The van der Waals surface area contributed by atoms with Crippen LogP contribution >= 0.6 is 0 Å². The number of ether oxygens (including phenoxy) is 1. The van der Waals surface area contributed by atoms with Crippen LogP contribution in [0.3, 0.4) is 0 Å². The topological polar surface area (TPSA) is 80.6 Å². The largest absolute Gasteiger partial charge is 0.497 e. The van der Waals surface area contributed by atoms with E-state index in [-0.39, 0.29) is 18.0 Å². The number of nitrogens with zero attached hydrogens (tertiary/aromatic N) is 2. The highest BCUT2D eigenvalue weighted by Crippen LogP contribution is 2.18. The second-order valence-electron chi connectivity index (χ2n) is 6.70. The Morgan fingerprint density at radius 2 is 1.67 bits per heavy atom. The summed E-state index contributed by atoms with van der Waals surface area (Å²) >= 11 is 0. The van der Waals surface area contributed by atoms with E-state index in [9.17, 15) is 13.2 Å². The second kappa shape index (κ2) is 10.1. The zero-order valence-corrected chi connectivity index (χ0v) is 17.6. The number of anilines is 1. The van der Waals surface area contributed by atoms with Crippen molar-refractivity contribution in [2.45, 2.75) is 17.9 Å². The zero-order chi connectivity index (χ0) is 21.4. The molecule has 30 heavy (non-hydrogen) atoms. The Labute approximate surface area is 176 Å². The molecule has 8 heteroatoms. The summed E-state index contributed by atoms with van der Waals surface area (Å²) < 4.78 is 34.5. The van der Waals surface area contributed by atoms with Crippen LogP contribution in [0.2, 0.25) is 0 Å². The molecule has 0 aliphatic rings. The standard InChI is InChI=1S/C22H25N3O4S/c1-29-20-12-10-19(11-13-20)23-22(26)18-25(17-7-16-24-14-5-6-15-24)30(27,28)21-8-3-2-4-9-21/h2-6,8-15H,7,16-18H2,1H3,(H,23,26). The Morgan fingerprint density at radius 3 is 2.30 bits per heavy atom. The van der Waals surface area contributed by atoms with Crippen LogP contribution in [0, 0.1) is 0 Å². The van der Waals surface area contributed by atoms with Crippen molar-refractivity contribution >= 4 is 21.6 Å². The second-order valence-corrected chi connectivity index (χ2v) is 8.64. The van der Waals surface area contributed by atoms with Gasteiger partial charge in [0.05, 0.1) is 18.6 Å². The maximum Gasteiger partial charge on any atom is 0.243 e. The molecule has 7 nitrogen and oxygen atoms in total. The number of methoxy groups -OCH3 is 1. The van der Waals surface area contributed by atoms with Crippen molar-refractivity contribution in [3.63, 3.8) is 0 Å². The van der Waals surface area contributed by atoms with E-state index in [0.29, 0.717) is 24.4 Å². The monoisotopic (exact) mass is 427 g/mol.